The molecule has 4 rings (SSSR count). The first kappa shape index (κ1) is 22.8. The molecule has 8 nitrogen and oxygen atoms in total. The predicted octanol–water partition coefficient (Wildman–Crippen LogP) is 6.30. The van der Waals surface area contributed by atoms with Crippen molar-refractivity contribution in [2.45, 2.75) is 71.0 Å². The van der Waals surface area contributed by atoms with Crippen LogP contribution in [0.4, 0.5) is 11.4 Å². The molecule has 0 aromatic heterocycles. The molecule has 2 aromatic rings. The van der Waals surface area contributed by atoms with E-state index in [9.17, 15) is 19.4 Å². The van der Waals surface area contributed by atoms with Crippen molar-refractivity contribution in [3.05, 3.63) is 56.3 Å². The van der Waals surface area contributed by atoms with Crippen LogP contribution in [0, 0.1) is 9.81 Å². The predicted molar refractivity (Wildman–Crippen MR) is 123 cm³/mol. The second kappa shape index (κ2) is 8.50. The summed E-state index contributed by atoms with van der Waals surface area (Å²) < 4.78 is 12.0. The van der Waals surface area contributed by atoms with Gasteiger partial charge in [-0.3, -0.25) is 9.59 Å². The maximum Gasteiger partial charge on any atom is 0.163 e. The van der Waals surface area contributed by atoms with Gasteiger partial charge in [-0.1, -0.05) is 0 Å². The Bertz CT molecular complexity index is 1170. The van der Waals surface area contributed by atoms with Crippen LogP contribution >= 0.6 is 0 Å². The van der Waals surface area contributed by atoms with Gasteiger partial charge in [0.05, 0.1) is 12.2 Å². The number of ether oxygens (including phenoxy) is 2. The molecule has 0 amide bonds. The van der Waals surface area contributed by atoms with E-state index >= 15 is 0 Å². The molecule has 0 aliphatic heterocycles. The van der Waals surface area contributed by atoms with Crippen LogP contribution in [0.15, 0.2) is 34.6 Å². The maximum absolute atomic E-state index is 13.0. The van der Waals surface area contributed by atoms with Gasteiger partial charge in [0, 0.05) is 29.4 Å². The van der Waals surface area contributed by atoms with Crippen LogP contribution in [0.2, 0.25) is 0 Å². The molecule has 0 saturated carbocycles. The first-order valence-electron chi connectivity index (χ1n) is 11.1. The summed E-state index contributed by atoms with van der Waals surface area (Å²) in [5, 5.41) is 5.83. The van der Waals surface area contributed by atoms with E-state index in [1.807, 2.05) is 33.8 Å². The summed E-state index contributed by atoms with van der Waals surface area (Å²) in [4.78, 5) is 48.4. The normalized spacial score (nSPS) is 19.5. The first-order valence-corrected chi connectivity index (χ1v) is 11.1. The molecule has 0 N–H and O–H groups in total. The maximum atomic E-state index is 13.0. The second-order valence-electron chi connectivity index (χ2n) is 9.18. The van der Waals surface area contributed by atoms with Crippen molar-refractivity contribution < 1.29 is 19.1 Å². The molecule has 0 radical (unpaired) electrons. The molecule has 8 heteroatoms. The van der Waals surface area contributed by atoms with Gasteiger partial charge in [0.1, 0.15) is 11.4 Å². The Hall–Kier alpha value is -3.42. The van der Waals surface area contributed by atoms with E-state index in [1.54, 1.807) is 6.07 Å². The molecule has 1 unspecified atom stereocenters. The van der Waals surface area contributed by atoms with Crippen LogP contribution in [0.5, 0.6) is 11.5 Å². The summed E-state index contributed by atoms with van der Waals surface area (Å²) in [7, 11) is 0. The molecule has 1 spiro atoms. The van der Waals surface area contributed by atoms with Gasteiger partial charge in [0.2, 0.25) is 0 Å². The number of hydrogen-bond acceptors (Lipinski definition) is 8. The largest absolute Gasteiger partial charge is 0.487 e. The average molecular weight is 450 g/mol. The van der Waals surface area contributed by atoms with Crippen LogP contribution in [0.25, 0.3) is 0 Å². The molecule has 33 heavy (non-hydrogen) atoms. The summed E-state index contributed by atoms with van der Waals surface area (Å²) in [6.07, 6.45) is 1.23. The average Bonchev–Trinajstić information content (AvgIpc) is 2.77. The van der Waals surface area contributed by atoms with E-state index in [0.717, 1.165) is 5.56 Å². The molecule has 0 bridgehead atoms. The summed E-state index contributed by atoms with van der Waals surface area (Å²) in [6.45, 7) is 7.61. The van der Waals surface area contributed by atoms with Crippen LogP contribution < -0.4 is 9.47 Å². The van der Waals surface area contributed by atoms with Crippen molar-refractivity contribution in [1.82, 2.24) is 0 Å². The number of fused-ring (bicyclic) bond motifs is 4. The fraction of sp³-hybridized carbons (Fsp3) is 0.440. The zero-order valence-corrected chi connectivity index (χ0v) is 19.1. The van der Waals surface area contributed by atoms with Crippen molar-refractivity contribution >= 4 is 22.9 Å². The van der Waals surface area contributed by atoms with Gasteiger partial charge in [-0.05, 0) is 86.3 Å². The number of nitroso groups, excluding NO2 is 2. The number of carbonyl (C=O) groups is 2. The lowest BCUT2D eigenvalue weighted by molar-refractivity contribution is 0.0931. The number of benzene rings is 2. The quantitative estimate of drug-likeness (QED) is 0.478. The summed E-state index contributed by atoms with van der Waals surface area (Å²) in [6, 6.07) is 6.40. The Kier molecular flexibility index (Phi) is 5.86. The molecule has 2 aromatic carbocycles. The van der Waals surface area contributed by atoms with Gasteiger partial charge in [-0.25, -0.2) is 0 Å². The Morgan fingerprint density at radius 3 is 1.70 bits per heavy atom. The van der Waals surface area contributed by atoms with Gasteiger partial charge >= 0.3 is 0 Å². The van der Waals surface area contributed by atoms with E-state index in [0.29, 0.717) is 41.0 Å². The second-order valence-corrected chi connectivity index (χ2v) is 9.18. The Labute approximate surface area is 191 Å². The van der Waals surface area contributed by atoms with E-state index < -0.39 is 5.41 Å². The van der Waals surface area contributed by atoms with Crippen LogP contribution in [-0.4, -0.2) is 23.8 Å². The number of Topliss-reactive ketones (excluding diaryl/α,β-unsaturated/α-hetero) is 2. The molecule has 0 saturated heterocycles. The Morgan fingerprint density at radius 1 is 0.727 bits per heavy atom. The van der Waals surface area contributed by atoms with E-state index in [-0.39, 0.29) is 48.0 Å². The number of rotatable bonds is 6. The summed E-state index contributed by atoms with van der Waals surface area (Å²) in [5.74, 6) is 0.865. The monoisotopic (exact) mass is 450 g/mol. The third-order valence-corrected chi connectivity index (χ3v) is 6.31. The minimum Gasteiger partial charge on any atom is -0.487 e. The SMILES string of the molecule is CC(C)Oc1cc2c(cc1OC(C)C)C1(CCC(=O)c3cc(N=O)c(N=O)cc31)CCC2=O. The Balaban J connectivity index is 2.00. The summed E-state index contributed by atoms with van der Waals surface area (Å²) >= 11 is 0. The third-order valence-electron chi connectivity index (χ3n) is 6.31. The van der Waals surface area contributed by atoms with Crippen molar-refractivity contribution in [2.24, 2.45) is 10.4 Å². The fourth-order valence-electron chi connectivity index (χ4n) is 4.96. The lowest BCUT2D eigenvalue weighted by Gasteiger charge is -2.43. The first-order chi connectivity index (χ1) is 15.7. The lowest BCUT2D eigenvalue weighted by atomic mass is 9.59. The molecule has 172 valence electrons. The van der Waals surface area contributed by atoms with Crippen molar-refractivity contribution in [3.8, 4) is 11.5 Å². The highest BCUT2D eigenvalue weighted by molar-refractivity contribution is 6.04. The third kappa shape index (κ3) is 3.83. The van der Waals surface area contributed by atoms with E-state index in [2.05, 4.69) is 10.4 Å². The standard InChI is InChI=1S/C25H26N2O6/c1-13(2)32-23-10-16-18(12-24(23)33-14(3)4)25(8-6-22(16)29)7-5-21(28)15-9-19(26-30)20(27-31)11-17(15)25/h9-14H,5-8H2,1-4H3. The lowest BCUT2D eigenvalue weighted by Crippen LogP contribution is -2.39. The minimum atomic E-state index is -0.696. The van der Waals surface area contributed by atoms with Gasteiger partial charge in [-0.15, -0.1) is 9.81 Å². The van der Waals surface area contributed by atoms with Crippen molar-refractivity contribution in [2.75, 3.05) is 0 Å². The molecule has 2 aliphatic carbocycles. The molecular weight excluding hydrogens is 424 g/mol. The minimum absolute atomic E-state index is 0.0151. The van der Waals surface area contributed by atoms with E-state index in [1.165, 1.54) is 12.1 Å². The van der Waals surface area contributed by atoms with Gasteiger partial charge < -0.3 is 9.47 Å². The highest BCUT2D eigenvalue weighted by Gasteiger charge is 2.46. The Morgan fingerprint density at radius 2 is 1.18 bits per heavy atom. The van der Waals surface area contributed by atoms with Crippen LogP contribution in [0.1, 0.15) is 85.2 Å². The molecule has 2 aliphatic rings. The van der Waals surface area contributed by atoms with Gasteiger partial charge in [0.15, 0.2) is 23.1 Å². The molecular formula is C25H26N2O6. The summed E-state index contributed by atoms with van der Waals surface area (Å²) in [5.41, 5.74) is 1.23. The number of ketones is 2. The smallest absolute Gasteiger partial charge is 0.163 e. The molecule has 1 atom stereocenters. The topological polar surface area (TPSA) is 111 Å². The molecule has 0 heterocycles. The van der Waals surface area contributed by atoms with Crippen LogP contribution in [-0.2, 0) is 5.41 Å². The highest BCUT2D eigenvalue weighted by atomic mass is 16.5. The number of hydrogen-bond donors (Lipinski definition) is 0. The number of nitrogens with zero attached hydrogens (tertiary/aromatic N) is 2. The fourth-order valence-corrected chi connectivity index (χ4v) is 4.96. The van der Waals surface area contributed by atoms with Crippen molar-refractivity contribution in [3.63, 3.8) is 0 Å². The van der Waals surface area contributed by atoms with Gasteiger partial charge in [-0.2, -0.15) is 0 Å². The molecule has 0 fully saturated rings. The van der Waals surface area contributed by atoms with Crippen LogP contribution in [0.3, 0.4) is 0 Å². The highest BCUT2D eigenvalue weighted by Crippen LogP contribution is 2.53. The van der Waals surface area contributed by atoms with Crippen molar-refractivity contribution in [1.29, 1.82) is 0 Å². The zero-order chi connectivity index (χ0) is 23.9. The van der Waals surface area contributed by atoms with Gasteiger partial charge in [0.25, 0.3) is 0 Å². The number of carbonyl (C=O) groups excluding carboxylic acids is 2. The zero-order valence-electron chi connectivity index (χ0n) is 19.1. The van der Waals surface area contributed by atoms with E-state index in [4.69, 9.17) is 9.47 Å².